The lowest BCUT2D eigenvalue weighted by Crippen LogP contribution is -2.31. The molecule has 0 aliphatic rings. The van der Waals surface area contributed by atoms with E-state index in [-0.39, 0.29) is 37.2 Å². The number of hydrogen-bond donors (Lipinski definition) is 0. The van der Waals surface area contributed by atoms with E-state index >= 15 is 0 Å². The summed E-state index contributed by atoms with van der Waals surface area (Å²) in [5.74, 6) is 1.16. The molecule has 0 N–H and O–H groups in total. The molecule has 0 radical (unpaired) electrons. The molecule has 4 aromatic heterocycles. The quantitative estimate of drug-likeness (QED) is 0.150. The number of carbonyl (C=O) groups is 1. The van der Waals surface area contributed by atoms with Gasteiger partial charge in [0.15, 0.2) is 0 Å². The SMILES string of the molecule is CCn1c(-c2ccc(-n3ccnc3)cc2)cnc1C(Cc1ccccn1)N(C=O)c1cc2cc(Cl)ccc2o1.Cl.Cl.Cl. The normalized spacial score (nSPS) is 11.2. The molecular formula is C30H28Cl4N6O2. The highest BCUT2D eigenvalue weighted by molar-refractivity contribution is 6.31. The lowest BCUT2D eigenvalue weighted by atomic mass is 10.1. The van der Waals surface area contributed by atoms with Crippen molar-refractivity contribution in [1.82, 2.24) is 24.1 Å². The Labute approximate surface area is 266 Å². The Hall–Kier alpha value is -3.82. The number of hydrogen-bond acceptors (Lipinski definition) is 5. The lowest BCUT2D eigenvalue weighted by molar-refractivity contribution is -0.108. The Morgan fingerprint density at radius 1 is 1.00 bits per heavy atom. The van der Waals surface area contributed by atoms with E-state index < -0.39 is 6.04 Å². The van der Waals surface area contributed by atoms with Gasteiger partial charge in [0.1, 0.15) is 17.4 Å². The first-order chi connectivity index (χ1) is 19.1. The Kier molecular flexibility index (Phi) is 11.2. The Balaban J connectivity index is 0.00000161. The monoisotopic (exact) mass is 644 g/mol. The molecule has 42 heavy (non-hydrogen) atoms. The number of carbonyl (C=O) groups excluding carboxylic acids is 1. The van der Waals surface area contributed by atoms with Crippen molar-refractivity contribution in [1.29, 1.82) is 0 Å². The number of nitrogens with zero attached hydrogens (tertiary/aromatic N) is 6. The van der Waals surface area contributed by atoms with Crippen LogP contribution in [0.3, 0.4) is 0 Å². The summed E-state index contributed by atoms with van der Waals surface area (Å²) in [6.07, 6.45) is 10.3. The molecule has 0 fully saturated rings. The Morgan fingerprint density at radius 2 is 1.81 bits per heavy atom. The first kappa shape index (κ1) is 32.7. The van der Waals surface area contributed by atoms with E-state index in [2.05, 4.69) is 33.6 Å². The van der Waals surface area contributed by atoms with Crippen LogP contribution in [0.5, 0.6) is 0 Å². The summed E-state index contributed by atoms with van der Waals surface area (Å²) in [5, 5.41) is 1.42. The van der Waals surface area contributed by atoms with Crippen molar-refractivity contribution in [2.24, 2.45) is 0 Å². The van der Waals surface area contributed by atoms with Gasteiger partial charge in [0.2, 0.25) is 12.3 Å². The fraction of sp³-hybridized carbons (Fsp3) is 0.133. The van der Waals surface area contributed by atoms with Gasteiger partial charge in [0.05, 0.1) is 18.2 Å². The van der Waals surface area contributed by atoms with Crippen molar-refractivity contribution < 1.29 is 9.21 Å². The number of furan rings is 1. The van der Waals surface area contributed by atoms with Crippen LogP contribution in [-0.2, 0) is 17.8 Å². The minimum absolute atomic E-state index is 0. The number of anilines is 1. The largest absolute Gasteiger partial charge is 0.440 e. The van der Waals surface area contributed by atoms with Gasteiger partial charge < -0.3 is 13.6 Å². The van der Waals surface area contributed by atoms with Crippen LogP contribution in [0.1, 0.15) is 24.5 Å². The highest BCUT2D eigenvalue weighted by Gasteiger charge is 2.29. The van der Waals surface area contributed by atoms with E-state index in [1.54, 1.807) is 35.8 Å². The van der Waals surface area contributed by atoms with Crippen LogP contribution in [-0.4, -0.2) is 30.5 Å². The van der Waals surface area contributed by atoms with Gasteiger partial charge in [-0.3, -0.25) is 14.7 Å². The third-order valence-corrected chi connectivity index (χ3v) is 7.00. The summed E-state index contributed by atoms with van der Waals surface area (Å²) >= 11 is 6.20. The number of halogens is 4. The van der Waals surface area contributed by atoms with Crippen molar-refractivity contribution >= 4 is 72.1 Å². The molecule has 2 aromatic carbocycles. The maximum atomic E-state index is 12.7. The first-order valence-corrected chi connectivity index (χ1v) is 13.0. The maximum absolute atomic E-state index is 12.7. The van der Waals surface area contributed by atoms with E-state index in [0.717, 1.165) is 40.3 Å². The van der Waals surface area contributed by atoms with Gasteiger partial charge in [-0.15, -0.1) is 37.2 Å². The van der Waals surface area contributed by atoms with Gasteiger partial charge in [0.25, 0.3) is 0 Å². The zero-order chi connectivity index (χ0) is 26.8. The minimum Gasteiger partial charge on any atom is -0.440 e. The summed E-state index contributed by atoms with van der Waals surface area (Å²) in [7, 11) is 0. The summed E-state index contributed by atoms with van der Waals surface area (Å²) < 4.78 is 10.2. The standard InChI is InChI=1S/C30H25ClN6O2.3ClH/c1-2-36-27(21-6-9-25(10-7-21)35-14-13-32-19-35)18-34-30(36)26(17-24-5-3-4-12-33-24)37(20-38)29-16-22-15-23(31)8-11-28(22)39-29;;;/h3-16,18-20,26H,2,17H2,1H3;3*1H. The number of rotatable bonds is 9. The third kappa shape index (κ3) is 6.47. The average Bonchev–Trinajstić information content (AvgIpc) is 3.73. The molecule has 0 spiro atoms. The van der Waals surface area contributed by atoms with E-state index in [1.807, 2.05) is 59.4 Å². The minimum atomic E-state index is -0.465. The van der Waals surface area contributed by atoms with Crippen molar-refractivity contribution in [3.63, 3.8) is 0 Å². The molecule has 1 amide bonds. The molecule has 218 valence electrons. The van der Waals surface area contributed by atoms with Gasteiger partial charge >= 0.3 is 0 Å². The van der Waals surface area contributed by atoms with Gasteiger partial charge in [-0.1, -0.05) is 29.8 Å². The molecule has 4 heterocycles. The highest BCUT2D eigenvalue weighted by Crippen LogP contribution is 2.35. The van der Waals surface area contributed by atoms with Gasteiger partial charge in [-0.05, 0) is 55.0 Å². The number of benzene rings is 2. The highest BCUT2D eigenvalue weighted by atomic mass is 35.5. The molecule has 0 saturated heterocycles. The summed E-state index contributed by atoms with van der Waals surface area (Å²) in [4.78, 5) is 27.7. The zero-order valence-corrected chi connectivity index (χ0v) is 25.6. The maximum Gasteiger partial charge on any atom is 0.217 e. The van der Waals surface area contributed by atoms with Crippen LogP contribution in [0.25, 0.3) is 27.9 Å². The van der Waals surface area contributed by atoms with E-state index in [9.17, 15) is 4.79 Å². The van der Waals surface area contributed by atoms with Crippen LogP contribution in [0.4, 0.5) is 5.88 Å². The summed E-state index contributed by atoms with van der Waals surface area (Å²) in [5.41, 5.74) is 4.48. The molecule has 0 aliphatic heterocycles. The molecule has 12 heteroatoms. The number of imidazole rings is 2. The van der Waals surface area contributed by atoms with Gasteiger partial charge in [-0.2, -0.15) is 0 Å². The number of aromatic nitrogens is 5. The Bertz CT molecular complexity index is 1720. The summed E-state index contributed by atoms with van der Waals surface area (Å²) in [6.45, 7) is 2.73. The molecule has 6 rings (SSSR count). The van der Waals surface area contributed by atoms with E-state index in [4.69, 9.17) is 21.0 Å². The van der Waals surface area contributed by atoms with Crippen LogP contribution >= 0.6 is 48.8 Å². The van der Waals surface area contributed by atoms with Crippen molar-refractivity contribution in [3.05, 3.63) is 114 Å². The molecule has 1 atom stereocenters. The molecule has 0 bridgehead atoms. The van der Waals surface area contributed by atoms with Crippen molar-refractivity contribution in [2.45, 2.75) is 25.9 Å². The topological polar surface area (TPSA) is 82.0 Å². The second-order valence-electron chi connectivity index (χ2n) is 9.08. The number of amides is 1. The zero-order valence-electron chi connectivity index (χ0n) is 22.4. The molecular weight excluding hydrogens is 618 g/mol. The molecule has 0 saturated carbocycles. The number of pyridine rings is 1. The second-order valence-corrected chi connectivity index (χ2v) is 9.52. The fourth-order valence-electron chi connectivity index (χ4n) is 4.87. The van der Waals surface area contributed by atoms with Crippen molar-refractivity contribution in [3.8, 4) is 16.9 Å². The smallest absolute Gasteiger partial charge is 0.217 e. The molecule has 0 aliphatic carbocycles. The predicted octanol–water partition coefficient (Wildman–Crippen LogP) is 7.76. The fourth-order valence-corrected chi connectivity index (χ4v) is 5.05. The average molecular weight is 646 g/mol. The van der Waals surface area contributed by atoms with Gasteiger partial charge in [0, 0.05) is 59.4 Å². The summed E-state index contributed by atoms with van der Waals surface area (Å²) in [6, 6.07) is 20.7. The lowest BCUT2D eigenvalue weighted by Gasteiger charge is -2.26. The third-order valence-electron chi connectivity index (χ3n) is 6.76. The predicted molar refractivity (Wildman–Crippen MR) is 173 cm³/mol. The first-order valence-electron chi connectivity index (χ1n) is 12.6. The number of fused-ring (bicyclic) bond motifs is 1. The molecule has 6 aromatic rings. The van der Waals surface area contributed by atoms with Crippen LogP contribution in [0.15, 0.2) is 102 Å². The van der Waals surface area contributed by atoms with Crippen LogP contribution in [0.2, 0.25) is 5.02 Å². The van der Waals surface area contributed by atoms with Crippen LogP contribution in [0, 0.1) is 0 Å². The molecule has 1 unspecified atom stereocenters. The van der Waals surface area contributed by atoms with E-state index in [1.165, 1.54) is 0 Å². The second kappa shape index (κ2) is 14.4. The van der Waals surface area contributed by atoms with E-state index in [0.29, 0.717) is 29.5 Å². The van der Waals surface area contributed by atoms with Gasteiger partial charge in [-0.25, -0.2) is 9.97 Å². The van der Waals surface area contributed by atoms with Crippen molar-refractivity contribution in [2.75, 3.05) is 4.90 Å². The Morgan fingerprint density at radius 3 is 2.48 bits per heavy atom. The molecule has 8 nitrogen and oxygen atoms in total. The van der Waals surface area contributed by atoms with Crippen LogP contribution < -0.4 is 4.90 Å².